The lowest BCUT2D eigenvalue weighted by atomic mass is 10.1. The zero-order valence-corrected chi connectivity index (χ0v) is 15.4. The molecule has 0 unspecified atom stereocenters. The molecule has 0 atom stereocenters. The number of Topliss-reactive ketones (excluding diaryl/α,β-unsaturated/α-hetero) is 1. The van der Waals surface area contributed by atoms with Crippen LogP contribution in [0.4, 0.5) is 11.4 Å². The SMILES string of the molecule is CSc1ccc(C(=O)OCC(=O)Nc2cccc(C(C)=O)c2)cc1[N+](=O)[O-]. The highest BCUT2D eigenvalue weighted by atomic mass is 32.2. The number of carbonyl (C=O) groups excluding carboxylic acids is 3. The third-order valence-electron chi connectivity index (χ3n) is 3.50. The molecule has 27 heavy (non-hydrogen) atoms. The lowest BCUT2D eigenvalue weighted by Crippen LogP contribution is -2.21. The number of thioether (sulfide) groups is 1. The van der Waals surface area contributed by atoms with Crippen LogP contribution < -0.4 is 5.32 Å². The summed E-state index contributed by atoms with van der Waals surface area (Å²) in [5.41, 5.74) is 0.600. The maximum atomic E-state index is 12.0. The second-order valence-corrected chi connectivity index (χ2v) is 6.25. The van der Waals surface area contributed by atoms with E-state index < -0.39 is 23.4 Å². The summed E-state index contributed by atoms with van der Waals surface area (Å²) in [7, 11) is 0. The molecule has 2 rings (SSSR count). The number of ketones is 1. The molecule has 0 bridgehead atoms. The van der Waals surface area contributed by atoms with Crippen molar-refractivity contribution >= 4 is 40.8 Å². The number of ether oxygens (including phenoxy) is 1. The Morgan fingerprint density at radius 2 is 1.89 bits per heavy atom. The van der Waals surface area contributed by atoms with E-state index in [2.05, 4.69) is 5.32 Å². The van der Waals surface area contributed by atoms with Crippen LogP contribution in [-0.4, -0.2) is 35.4 Å². The number of hydrogen-bond donors (Lipinski definition) is 1. The Labute approximate surface area is 159 Å². The summed E-state index contributed by atoms with van der Waals surface area (Å²) in [6.45, 7) is 0.839. The van der Waals surface area contributed by atoms with Gasteiger partial charge in [-0.3, -0.25) is 19.7 Å². The highest BCUT2D eigenvalue weighted by Crippen LogP contribution is 2.28. The zero-order chi connectivity index (χ0) is 20.0. The van der Waals surface area contributed by atoms with Crippen molar-refractivity contribution in [1.29, 1.82) is 0 Å². The Balaban J connectivity index is 2.00. The van der Waals surface area contributed by atoms with Gasteiger partial charge in [-0.1, -0.05) is 12.1 Å². The van der Waals surface area contributed by atoms with Crippen molar-refractivity contribution < 1.29 is 24.0 Å². The van der Waals surface area contributed by atoms with Crippen molar-refractivity contribution in [1.82, 2.24) is 0 Å². The fourth-order valence-electron chi connectivity index (χ4n) is 2.19. The Morgan fingerprint density at radius 1 is 1.15 bits per heavy atom. The van der Waals surface area contributed by atoms with Gasteiger partial charge >= 0.3 is 5.97 Å². The Morgan fingerprint density at radius 3 is 2.52 bits per heavy atom. The van der Waals surface area contributed by atoms with Gasteiger partial charge < -0.3 is 10.1 Å². The highest BCUT2D eigenvalue weighted by molar-refractivity contribution is 7.98. The number of esters is 1. The summed E-state index contributed by atoms with van der Waals surface area (Å²) in [5, 5.41) is 13.6. The minimum atomic E-state index is -0.849. The van der Waals surface area contributed by atoms with E-state index in [4.69, 9.17) is 4.74 Å². The van der Waals surface area contributed by atoms with Gasteiger partial charge in [0, 0.05) is 17.3 Å². The topological polar surface area (TPSA) is 116 Å². The Hall–Kier alpha value is -3.20. The fourth-order valence-corrected chi connectivity index (χ4v) is 2.73. The summed E-state index contributed by atoms with van der Waals surface area (Å²) >= 11 is 1.18. The van der Waals surface area contributed by atoms with E-state index in [0.717, 1.165) is 6.07 Å². The number of carbonyl (C=O) groups is 3. The number of nitrogens with zero attached hydrogens (tertiary/aromatic N) is 1. The van der Waals surface area contributed by atoms with Crippen LogP contribution in [0.15, 0.2) is 47.4 Å². The lowest BCUT2D eigenvalue weighted by molar-refractivity contribution is -0.387. The normalized spacial score (nSPS) is 10.1. The van der Waals surface area contributed by atoms with E-state index >= 15 is 0 Å². The molecule has 1 N–H and O–H groups in total. The highest BCUT2D eigenvalue weighted by Gasteiger charge is 2.18. The molecule has 0 aliphatic heterocycles. The number of benzene rings is 2. The minimum absolute atomic E-state index is 0.0223. The lowest BCUT2D eigenvalue weighted by Gasteiger charge is -2.08. The molecule has 0 aromatic heterocycles. The van der Waals surface area contributed by atoms with Gasteiger partial charge in [0.25, 0.3) is 11.6 Å². The van der Waals surface area contributed by atoms with Crippen LogP contribution in [0.2, 0.25) is 0 Å². The fraction of sp³-hybridized carbons (Fsp3) is 0.167. The van der Waals surface area contributed by atoms with E-state index in [1.54, 1.807) is 24.5 Å². The predicted octanol–water partition coefficient (Wildman–Crippen LogP) is 3.31. The molecule has 2 aromatic carbocycles. The van der Waals surface area contributed by atoms with Crippen molar-refractivity contribution in [2.24, 2.45) is 0 Å². The first-order valence-electron chi connectivity index (χ1n) is 7.72. The number of rotatable bonds is 7. The average molecular weight is 388 g/mol. The Bertz CT molecular complexity index is 912. The third kappa shape index (κ3) is 5.38. The largest absolute Gasteiger partial charge is 0.452 e. The van der Waals surface area contributed by atoms with Gasteiger partial charge in [-0.15, -0.1) is 11.8 Å². The monoisotopic (exact) mass is 388 g/mol. The van der Waals surface area contributed by atoms with Crippen LogP contribution >= 0.6 is 11.8 Å². The van der Waals surface area contributed by atoms with E-state index in [0.29, 0.717) is 16.1 Å². The summed E-state index contributed by atoms with van der Waals surface area (Å²) in [5.74, 6) is -1.59. The maximum absolute atomic E-state index is 12.0. The van der Waals surface area contributed by atoms with Crippen LogP contribution in [0.25, 0.3) is 0 Å². The summed E-state index contributed by atoms with van der Waals surface area (Å²) in [6.07, 6.45) is 1.69. The molecule has 2 aromatic rings. The molecule has 0 heterocycles. The van der Waals surface area contributed by atoms with Gasteiger partial charge in [0.15, 0.2) is 12.4 Å². The van der Waals surface area contributed by atoms with Crippen LogP contribution in [0.3, 0.4) is 0 Å². The third-order valence-corrected chi connectivity index (χ3v) is 4.28. The summed E-state index contributed by atoms with van der Waals surface area (Å²) < 4.78 is 4.90. The quantitative estimate of drug-likeness (QED) is 0.254. The second-order valence-electron chi connectivity index (χ2n) is 5.41. The molecule has 0 saturated carbocycles. The molecule has 8 nitrogen and oxygen atoms in total. The smallest absolute Gasteiger partial charge is 0.338 e. The van der Waals surface area contributed by atoms with Crippen LogP contribution in [0.1, 0.15) is 27.6 Å². The van der Waals surface area contributed by atoms with Crippen molar-refractivity contribution in [3.05, 3.63) is 63.7 Å². The van der Waals surface area contributed by atoms with E-state index in [9.17, 15) is 24.5 Å². The van der Waals surface area contributed by atoms with Crippen molar-refractivity contribution in [2.45, 2.75) is 11.8 Å². The number of amides is 1. The van der Waals surface area contributed by atoms with Crippen LogP contribution in [0, 0.1) is 10.1 Å². The summed E-state index contributed by atoms with van der Waals surface area (Å²) in [6, 6.07) is 10.3. The number of nitro groups is 1. The molecular formula is C18H16N2O6S. The van der Waals surface area contributed by atoms with Gasteiger partial charge in [-0.25, -0.2) is 4.79 Å². The minimum Gasteiger partial charge on any atom is -0.452 e. The van der Waals surface area contributed by atoms with Crippen LogP contribution in [-0.2, 0) is 9.53 Å². The van der Waals surface area contributed by atoms with Gasteiger partial charge in [-0.2, -0.15) is 0 Å². The second kappa shape index (κ2) is 8.95. The molecule has 0 saturated heterocycles. The maximum Gasteiger partial charge on any atom is 0.338 e. The molecule has 0 aliphatic carbocycles. The van der Waals surface area contributed by atoms with E-state index in [1.807, 2.05) is 0 Å². The van der Waals surface area contributed by atoms with E-state index in [1.165, 1.54) is 36.9 Å². The molecule has 0 spiro atoms. The number of nitrogens with one attached hydrogen (secondary N) is 1. The summed E-state index contributed by atoms with van der Waals surface area (Å²) in [4.78, 5) is 46.2. The van der Waals surface area contributed by atoms with Crippen molar-refractivity contribution in [3.8, 4) is 0 Å². The molecule has 0 aliphatic rings. The average Bonchev–Trinajstić information content (AvgIpc) is 2.65. The molecule has 9 heteroatoms. The molecule has 0 radical (unpaired) electrons. The Kier molecular flexibility index (Phi) is 6.67. The van der Waals surface area contributed by atoms with Gasteiger partial charge in [0.2, 0.25) is 0 Å². The first-order valence-corrected chi connectivity index (χ1v) is 8.94. The number of nitro benzene ring substituents is 1. The molecule has 140 valence electrons. The predicted molar refractivity (Wildman–Crippen MR) is 100 cm³/mol. The van der Waals surface area contributed by atoms with E-state index in [-0.39, 0.29) is 17.0 Å². The van der Waals surface area contributed by atoms with Gasteiger partial charge in [0.05, 0.1) is 15.4 Å². The number of anilines is 1. The van der Waals surface area contributed by atoms with Crippen molar-refractivity contribution in [3.63, 3.8) is 0 Å². The van der Waals surface area contributed by atoms with Gasteiger partial charge in [0.1, 0.15) is 0 Å². The first-order chi connectivity index (χ1) is 12.8. The molecular weight excluding hydrogens is 372 g/mol. The number of hydrogen-bond acceptors (Lipinski definition) is 7. The zero-order valence-electron chi connectivity index (χ0n) is 14.6. The van der Waals surface area contributed by atoms with Crippen molar-refractivity contribution in [2.75, 3.05) is 18.2 Å². The van der Waals surface area contributed by atoms with Gasteiger partial charge in [-0.05, 0) is 37.4 Å². The van der Waals surface area contributed by atoms with Crippen LogP contribution in [0.5, 0.6) is 0 Å². The molecule has 1 amide bonds. The standard InChI is InChI=1S/C18H16N2O6S/c1-11(21)12-4-3-5-14(8-12)19-17(22)10-26-18(23)13-6-7-16(27-2)15(9-13)20(24)25/h3-9H,10H2,1-2H3,(H,19,22). The molecule has 0 fully saturated rings. The first kappa shape index (κ1) is 20.1.